The Morgan fingerprint density at radius 3 is 2.53 bits per heavy atom. The quantitative estimate of drug-likeness (QED) is 0.843. The maximum absolute atomic E-state index is 11.9. The standard InChI is InChI=1S/C16H24N2O/c1-15(2,3)12-16(4,5)18-14(19)9-8-13-7-6-10-17-11-13/h6-11H,12H2,1-5H3,(H,18,19)/b9-8+. The highest BCUT2D eigenvalue weighted by Gasteiger charge is 2.26. The number of rotatable bonds is 4. The number of carbonyl (C=O) groups excluding carboxylic acids is 1. The molecule has 0 fully saturated rings. The predicted molar refractivity (Wildman–Crippen MR) is 79.6 cm³/mol. The van der Waals surface area contributed by atoms with E-state index in [0.29, 0.717) is 0 Å². The highest BCUT2D eigenvalue weighted by Crippen LogP contribution is 2.26. The highest BCUT2D eigenvalue weighted by atomic mass is 16.1. The Hall–Kier alpha value is -1.64. The average molecular weight is 260 g/mol. The fourth-order valence-electron chi connectivity index (χ4n) is 2.39. The highest BCUT2D eigenvalue weighted by molar-refractivity contribution is 5.92. The lowest BCUT2D eigenvalue weighted by Crippen LogP contribution is -2.45. The minimum atomic E-state index is -0.214. The monoisotopic (exact) mass is 260 g/mol. The summed E-state index contributed by atoms with van der Waals surface area (Å²) in [5.41, 5.74) is 0.893. The summed E-state index contributed by atoms with van der Waals surface area (Å²) in [6.45, 7) is 10.6. The zero-order chi connectivity index (χ0) is 14.5. The Kier molecular flexibility index (Phi) is 4.87. The van der Waals surface area contributed by atoms with Crippen molar-refractivity contribution in [1.29, 1.82) is 0 Å². The van der Waals surface area contributed by atoms with Gasteiger partial charge in [0.05, 0.1) is 0 Å². The zero-order valence-corrected chi connectivity index (χ0v) is 12.5. The first-order valence-electron chi connectivity index (χ1n) is 6.58. The van der Waals surface area contributed by atoms with E-state index in [0.717, 1.165) is 12.0 Å². The molecule has 1 rings (SSSR count). The first-order valence-corrected chi connectivity index (χ1v) is 6.58. The van der Waals surface area contributed by atoms with Gasteiger partial charge in [0.15, 0.2) is 0 Å². The van der Waals surface area contributed by atoms with E-state index in [2.05, 4.69) is 31.1 Å². The minimum absolute atomic E-state index is 0.0712. The summed E-state index contributed by atoms with van der Waals surface area (Å²) in [6, 6.07) is 3.76. The van der Waals surface area contributed by atoms with Crippen LogP contribution in [-0.4, -0.2) is 16.4 Å². The van der Waals surface area contributed by atoms with E-state index in [9.17, 15) is 4.79 Å². The Bertz CT molecular complexity index is 442. The molecule has 104 valence electrons. The second-order valence-corrected chi connectivity index (χ2v) is 6.73. The maximum Gasteiger partial charge on any atom is 0.244 e. The SMILES string of the molecule is CC(C)(C)CC(C)(C)NC(=O)/C=C/c1cccnc1. The third-order valence-corrected chi connectivity index (χ3v) is 2.55. The van der Waals surface area contributed by atoms with Crippen molar-refractivity contribution in [2.24, 2.45) is 5.41 Å². The van der Waals surface area contributed by atoms with Crippen LogP contribution in [0.25, 0.3) is 6.08 Å². The van der Waals surface area contributed by atoms with Gasteiger partial charge in [-0.25, -0.2) is 0 Å². The smallest absolute Gasteiger partial charge is 0.244 e. The Morgan fingerprint density at radius 2 is 2.00 bits per heavy atom. The van der Waals surface area contributed by atoms with Crippen molar-refractivity contribution in [3.05, 3.63) is 36.2 Å². The fraction of sp³-hybridized carbons (Fsp3) is 0.500. The lowest BCUT2D eigenvalue weighted by atomic mass is 9.82. The van der Waals surface area contributed by atoms with E-state index in [-0.39, 0.29) is 16.9 Å². The summed E-state index contributed by atoms with van der Waals surface area (Å²) >= 11 is 0. The van der Waals surface area contributed by atoms with E-state index in [1.165, 1.54) is 0 Å². The van der Waals surface area contributed by atoms with Crippen LogP contribution in [-0.2, 0) is 4.79 Å². The molecule has 0 aliphatic rings. The van der Waals surface area contributed by atoms with Gasteiger partial charge >= 0.3 is 0 Å². The summed E-state index contributed by atoms with van der Waals surface area (Å²) in [7, 11) is 0. The molecular formula is C16H24N2O. The molecule has 1 aromatic heterocycles. The van der Waals surface area contributed by atoms with Gasteiger partial charge in [0.25, 0.3) is 0 Å². The molecule has 1 amide bonds. The average Bonchev–Trinajstić information content (AvgIpc) is 2.23. The summed E-state index contributed by atoms with van der Waals surface area (Å²) in [5.74, 6) is -0.0712. The van der Waals surface area contributed by atoms with Crippen molar-refractivity contribution in [2.45, 2.75) is 46.6 Å². The van der Waals surface area contributed by atoms with Crippen molar-refractivity contribution in [2.75, 3.05) is 0 Å². The number of aromatic nitrogens is 1. The number of nitrogens with one attached hydrogen (secondary N) is 1. The Labute approximate surface area is 116 Å². The largest absolute Gasteiger partial charge is 0.348 e. The molecule has 0 aromatic carbocycles. The van der Waals surface area contributed by atoms with Gasteiger partial charge in [-0.3, -0.25) is 9.78 Å². The number of hydrogen-bond acceptors (Lipinski definition) is 2. The van der Waals surface area contributed by atoms with Crippen LogP contribution in [0, 0.1) is 5.41 Å². The summed E-state index contributed by atoms with van der Waals surface area (Å²) in [5, 5.41) is 3.04. The molecule has 1 aromatic rings. The minimum Gasteiger partial charge on any atom is -0.348 e. The van der Waals surface area contributed by atoms with Crippen molar-refractivity contribution >= 4 is 12.0 Å². The molecule has 0 aliphatic heterocycles. The van der Waals surface area contributed by atoms with Crippen molar-refractivity contribution < 1.29 is 4.79 Å². The summed E-state index contributed by atoms with van der Waals surface area (Å²) < 4.78 is 0. The molecule has 1 heterocycles. The first-order chi connectivity index (χ1) is 8.68. The molecule has 0 aliphatic carbocycles. The maximum atomic E-state index is 11.9. The molecule has 0 unspecified atom stereocenters. The number of hydrogen-bond donors (Lipinski definition) is 1. The van der Waals surface area contributed by atoms with Crippen LogP contribution in [0.1, 0.15) is 46.6 Å². The Balaban J connectivity index is 2.58. The molecule has 3 heteroatoms. The summed E-state index contributed by atoms with van der Waals surface area (Å²) in [4.78, 5) is 15.9. The molecule has 0 saturated carbocycles. The van der Waals surface area contributed by atoms with E-state index >= 15 is 0 Å². The lowest BCUT2D eigenvalue weighted by Gasteiger charge is -2.32. The van der Waals surface area contributed by atoms with Gasteiger partial charge in [-0.05, 0) is 43.4 Å². The number of pyridine rings is 1. The molecule has 3 nitrogen and oxygen atoms in total. The normalized spacial score (nSPS) is 12.7. The van der Waals surface area contributed by atoms with Crippen LogP contribution in [0.3, 0.4) is 0 Å². The molecule has 19 heavy (non-hydrogen) atoms. The van der Waals surface area contributed by atoms with Gasteiger partial charge in [0.1, 0.15) is 0 Å². The van der Waals surface area contributed by atoms with E-state index in [1.54, 1.807) is 24.5 Å². The van der Waals surface area contributed by atoms with Crippen LogP contribution >= 0.6 is 0 Å². The molecule has 1 N–H and O–H groups in total. The zero-order valence-electron chi connectivity index (χ0n) is 12.5. The van der Waals surface area contributed by atoms with Crippen molar-refractivity contribution in [3.63, 3.8) is 0 Å². The second-order valence-electron chi connectivity index (χ2n) is 6.73. The summed E-state index contributed by atoms with van der Waals surface area (Å²) in [6.07, 6.45) is 7.69. The van der Waals surface area contributed by atoms with Crippen LogP contribution in [0.15, 0.2) is 30.6 Å². The Morgan fingerprint density at radius 1 is 1.32 bits per heavy atom. The predicted octanol–water partition coefficient (Wildman–Crippen LogP) is 3.43. The second kappa shape index (κ2) is 6.00. The van der Waals surface area contributed by atoms with Crippen LogP contribution < -0.4 is 5.32 Å². The molecule has 0 radical (unpaired) electrons. The molecular weight excluding hydrogens is 236 g/mol. The third kappa shape index (κ3) is 6.75. The molecule has 0 saturated heterocycles. The molecule has 0 spiro atoms. The molecule has 0 atom stereocenters. The van der Waals surface area contributed by atoms with E-state index in [1.807, 2.05) is 26.0 Å². The third-order valence-electron chi connectivity index (χ3n) is 2.55. The van der Waals surface area contributed by atoms with Crippen molar-refractivity contribution in [1.82, 2.24) is 10.3 Å². The number of nitrogens with zero attached hydrogens (tertiary/aromatic N) is 1. The molecule has 0 bridgehead atoms. The van der Waals surface area contributed by atoms with Crippen LogP contribution in [0.2, 0.25) is 0 Å². The topological polar surface area (TPSA) is 42.0 Å². The lowest BCUT2D eigenvalue weighted by molar-refractivity contribution is -0.118. The van der Waals surface area contributed by atoms with Gasteiger partial charge in [0, 0.05) is 24.0 Å². The van der Waals surface area contributed by atoms with Gasteiger partial charge < -0.3 is 5.32 Å². The van der Waals surface area contributed by atoms with Gasteiger partial charge in [-0.2, -0.15) is 0 Å². The number of carbonyl (C=O) groups is 1. The fourth-order valence-corrected chi connectivity index (χ4v) is 2.39. The van der Waals surface area contributed by atoms with E-state index < -0.39 is 0 Å². The number of amides is 1. The van der Waals surface area contributed by atoms with Gasteiger partial charge in [0.2, 0.25) is 5.91 Å². The van der Waals surface area contributed by atoms with Crippen LogP contribution in [0.5, 0.6) is 0 Å². The van der Waals surface area contributed by atoms with Crippen molar-refractivity contribution in [3.8, 4) is 0 Å². The van der Waals surface area contributed by atoms with Gasteiger partial charge in [-0.1, -0.05) is 26.8 Å². The van der Waals surface area contributed by atoms with E-state index in [4.69, 9.17) is 0 Å². The van der Waals surface area contributed by atoms with Crippen LogP contribution in [0.4, 0.5) is 0 Å². The van der Waals surface area contributed by atoms with Gasteiger partial charge in [-0.15, -0.1) is 0 Å². The first kappa shape index (κ1) is 15.4.